The predicted molar refractivity (Wildman–Crippen MR) is 66.1 cm³/mol. The van der Waals surface area contributed by atoms with Crippen LogP contribution in [0.15, 0.2) is 30.3 Å². The Hall–Kier alpha value is -0.860. The average Bonchev–Trinajstić information content (AvgIpc) is 2.30. The van der Waals surface area contributed by atoms with Crippen molar-refractivity contribution >= 4 is 0 Å². The van der Waals surface area contributed by atoms with Crippen molar-refractivity contribution in [3.63, 3.8) is 0 Å². The monoisotopic (exact) mass is 219 g/mol. The van der Waals surface area contributed by atoms with Gasteiger partial charge in [0.25, 0.3) is 0 Å². The van der Waals surface area contributed by atoms with Crippen molar-refractivity contribution in [2.75, 3.05) is 19.8 Å². The number of hydrogen-bond donors (Lipinski definition) is 0. The third kappa shape index (κ3) is 3.62. The van der Waals surface area contributed by atoms with Gasteiger partial charge in [0, 0.05) is 13.1 Å². The van der Waals surface area contributed by atoms with Gasteiger partial charge in [-0.3, -0.25) is 4.90 Å². The third-order valence-electron chi connectivity index (χ3n) is 3.13. The Kier molecular flexibility index (Phi) is 4.37. The highest BCUT2D eigenvalue weighted by Crippen LogP contribution is 2.15. The van der Waals surface area contributed by atoms with Crippen LogP contribution in [0, 0.1) is 5.92 Å². The molecule has 0 aromatic heterocycles. The normalized spacial score (nSPS) is 22.2. The van der Waals surface area contributed by atoms with Gasteiger partial charge in [-0.25, -0.2) is 0 Å². The van der Waals surface area contributed by atoms with Gasteiger partial charge >= 0.3 is 0 Å². The Morgan fingerprint density at radius 1 is 1.31 bits per heavy atom. The van der Waals surface area contributed by atoms with Crippen molar-refractivity contribution in [3.8, 4) is 0 Å². The Bertz CT molecular complexity index is 299. The summed E-state index contributed by atoms with van der Waals surface area (Å²) in [6, 6.07) is 10.4. The first-order valence-electron chi connectivity index (χ1n) is 6.18. The van der Waals surface area contributed by atoms with Gasteiger partial charge in [0.15, 0.2) is 0 Å². The third-order valence-corrected chi connectivity index (χ3v) is 3.13. The molecule has 0 bridgehead atoms. The Morgan fingerprint density at radius 3 is 2.88 bits per heavy atom. The van der Waals surface area contributed by atoms with E-state index >= 15 is 0 Å². The smallest absolute Gasteiger partial charge is 0.0994 e. The summed E-state index contributed by atoms with van der Waals surface area (Å²) in [6.07, 6.45) is 2.69. The lowest BCUT2D eigenvalue weighted by molar-refractivity contribution is 0.0000821. The number of ether oxygens (including phenoxy) is 1. The number of likely N-dealkylation sites (tertiary alicyclic amines) is 1. The van der Waals surface area contributed by atoms with E-state index < -0.39 is 0 Å². The lowest BCUT2D eigenvalue weighted by Crippen LogP contribution is -2.35. The molecule has 2 heteroatoms. The summed E-state index contributed by atoms with van der Waals surface area (Å²) in [5.74, 6) is 0.828. The molecule has 1 aliphatic rings. The maximum Gasteiger partial charge on any atom is 0.0994 e. The number of benzene rings is 1. The van der Waals surface area contributed by atoms with E-state index in [1.54, 1.807) is 0 Å². The number of piperidine rings is 1. The molecule has 0 aliphatic carbocycles. The summed E-state index contributed by atoms with van der Waals surface area (Å²) in [4.78, 5) is 2.41. The minimum absolute atomic E-state index is 0.728. The van der Waals surface area contributed by atoms with Gasteiger partial charge in [-0.15, -0.1) is 0 Å². The summed E-state index contributed by atoms with van der Waals surface area (Å²) in [7, 11) is 0. The maximum absolute atomic E-state index is 5.73. The number of nitrogens with zero attached hydrogens (tertiary/aromatic N) is 1. The van der Waals surface area contributed by atoms with E-state index in [1.807, 2.05) is 6.07 Å². The number of hydrogen-bond acceptors (Lipinski definition) is 2. The average molecular weight is 219 g/mol. The van der Waals surface area contributed by atoms with Crippen LogP contribution in [0.25, 0.3) is 0 Å². The molecule has 16 heavy (non-hydrogen) atoms. The topological polar surface area (TPSA) is 12.5 Å². The van der Waals surface area contributed by atoms with Crippen molar-refractivity contribution in [1.82, 2.24) is 4.90 Å². The molecule has 1 atom stereocenters. The zero-order valence-corrected chi connectivity index (χ0v) is 10.1. The van der Waals surface area contributed by atoms with Gasteiger partial charge in [-0.05, 0) is 24.3 Å². The van der Waals surface area contributed by atoms with Crippen LogP contribution in [0.3, 0.4) is 0 Å². The minimum atomic E-state index is 0.728. The zero-order chi connectivity index (χ0) is 11.2. The molecule has 1 fully saturated rings. The molecule has 0 saturated carbocycles. The summed E-state index contributed by atoms with van der Waals surface area (Å²) in [5, 5.41) is 0. The maximum atomic E-state index is 5.73. The van der Waals surface area contributed by atoms with E-state index in [-0.39, 0.29) is 0 Å². The van der Waals surface area contributed by atoms with Crippen molar-refractivity contribution in [1.29, 1.82) is 0 Å². The standard InChI is InChI=1S/C14H21NO/c1-13-6-5-9-15(10-13)12-16-11-14-7-3-2-4-8-14/h2-4,7-8,13H,5-6,9-12H2,1H3. The van der Waals surface area contributed by atoms with Gasteiger partial charge in [-0.2, -0.15) is 0 Å². The van der Waals surface area contributed by atoms with Gasteiger partial charge in [0.05, 0.1) is 13.3 Å². The van der Waals surface area contributed by atoms with Crippen molar-refractivity contribution in [2.24, 2.45) is 5.92 Å². The zero-order valence-electron chi connectivity index (χ0n) is 10.1. The van der Waals surface area contributed by atoms with Crippen LogP contribution < -0.4 is 0 Å². The van der Waals surface area contributed by atoms with E-state index in [9.17, 15) is 0 Å². The van der Waals surface area contributed by atoms with Crippen LogP contribution in [0.2, 0.25) is 0 Å². The molecule has 0 amide bonds. The summed E-state index contributed by atoms with van der Waals surface area (Å²) >= 11 is 0. The van der Waals surface area contributed by atoms with Gasteiger partial charge < -0.3 is 4.74 Å². The molecule has 88 valence electrons. The first-order valence-corrected chi connectivity index (χ1v) is 6.18. The molecule has 2 nitrogen and oxygen atoms in total. The fourth-order valence-electron chi connectivity index (χ4n) is 2.27. The Morgan fingerprint density at radius 2 is 2.12 bits per heavy atom. The molecule has 2 rings (SSSR count). The molecule has 1 aromatic rings. The number of rotatable bonds is 4. The second-order valence-electron chi connectivity index (χ2n) is 4.79. The van der Waals surface area contributed by atoms with E-state index in [0.717, 1.165) is 19.3 Å². The fourth-order valence-corrected chi connectivity index (χ4v) is 2.27. The summed E-state index contributed by atoms with van der Waals surface area (Å²) in [6.45, 7) is 6.21. The Balaban J connectivity index is 1.68. The molecular formula is C14H21NO. The fraction of sp³-hybridized carbons (Fsp3) is 0.571. The lowest BCUT2D eigenvalue weighted by atomic mass is 10.0. The van der Waals surface area contributed by atoms with Crippen LogP contribution in [-0.2, 0) is 11.3 Å². The summed E-state index contributed by atoms with van der Waals surface area (Å²) < 4.78 is 5.73. The second kappa shape index (κ2) is 6.02. The molecular weight excluding hydrogens is 198 g/mol. The first kappa shape index (κ1) is 11.6. The molecule has 0 N–H and O–H groups in total. The van der Waals surface area contributed by atoms with Crippen molar-refractivity contribution < 1.29 is 4.74 Å². The molecule has 0 spiro atoms. The summed E-state index contributed by atoms with van der Waals surface area (Å²) in [5.41, 5.74) is 1.26. The van der Waals surface area contributed by atoms with Crippen LogP contribution in [-0.4, -0.2) is 24.7 Å². The lowest BCUT2D eigenvalue weighted by Gasteiger charge is -2.30. The molecule has 1 aromatic carbocycles. The molecule has 0 radical (unpaired) electrons. The van der Waals surface area contributed by atoms with E-state index in [1.165, 1.54) is 31.5 Å². The van der Waals surface area contributed by atoms with E-state index in [2.05, 4.69) is 36.1 Å². The van der Waals surface area contributed by atoms with Crippen LogP contribution in [0.4, 0.5) is 0 Å². The van der Waals surface area contributed by atoms with E-state index in [4.69, 9.17) is 4.74 Å². The minimum Gasteiger partial charge on any atom is -0.361 e. The molecule has 1 heterocycles. The van der Waals surface area contributed by atoms with E-state index in [0.29, 0.717) is 0 Å². The molecule has 1 unspecified atom stereocenters. The SMILES string of the molecule is CC1CCCN(COCc2ccccc2)C1. The van der Waals surface area contributed by atoms with Gasteiger partial charge in [0.2, 0.25) is 0 Å². The van der Waals surface area contributed by atoms with Crippen molar-refractivity contribution in [3.05, 3.63) is 35.9 Å². The predicted octanol–water partition coefficient (Wildman–Crippen LogP) is 2.89. The van der Waals surface area contributed by atoms with Crippen LogP contribution >= 0.6 is 0 Å². The molecule has 1 aliphatic heterocycles. The first-order chi connectivity index (χ1) is 7.84. The highest BCUT2D eigenvalue weighted by atomic mass is 16.5. The van der Waals surface area contributed by atoms with Gasteiger partial charge in [-0.1, -0.05) is 37.3 Å². The van der Waals surface area contributed by atoms with Crippen molar-refractivity contribution in [2.45, 2.75) is 26.4 Å². The Labute approximate surface area is 98.2 Å². The highest BCUT2D eigenvalue weighted by molar-refractivity contribution is 5.13. The largest absolute Gasteiger partial charge is 0.361 e. The quantitative estimate of drug-likeness (QED) is 0.772. The van der Waals surface area contributed by atoms with Crippen LogP contribution in [0.5, 0.6) is 0 Å². The van der Waals surface area contributed by atoms with Crippen LogP contribution in [0.1, 0.15) is 25.3 Å². The molecule has 1 saturated heterocycles. The highest BCUT2D eigenvalue weighted by Gasteiger charge is 2.15. The van der Waals surface area contributed by atoms with Gasteiger partial charge in [0.1, 0.15) is 0 Å². The second-order valence-corrected chi connectivity index (χ2v) is 4.79.